The van der Waals surface area contributed by atoms with Crippen LogP contribution in [0.5, 0.6) is 5.75 Å². The molecule has 2 unspecified atom stereocenters. The van der Waals surface area contributed by atoms with Crippen molar-refractivity contribution in [1.29, 1.82) is 0 Å². The summed E-state index contributed by atoms with van der Waals surface area (Å²) in [6.07, 6.45) is 0.622. The number of sulfonamides is 1. The molecule has 27 heavy (non-hydrogen) atoms. The number of piperidine rings is 1. The number of ether oxygens (including phenoxy) is 1. The molecule has 5 nitrogen and oxygen atoms in total. The minimum Gasteiger partial charge on any atom is -0.497 e. The summed E-state index contributed by atoms with van der Waals surface area (Å²) >= 11 is 0. The Morgan fingerprint density at radius 1 is 1.19 bits per heavy atom. The fraction of sp³-hybridized carbons (Fsp3) is 0.368. The lowest BCUT2D eigenvalue weighted by molar-refractivity contribution is 0.376. The highest BCUT2D eigenvalue weighted by Crippen LogP contribution is 2.27. The lowest BCUT2D eigenvalue weighted by Gasteiger charge is -2.33. The van der Waals surface area contributed by atoms with Gasteiger partial charge in [0.25, 0.3) is 0 Å². The Labute approximate surface area is 157 Å². The second-order valence-corrected chi connectivity index (χ2v) is 8.36. The molecule has 0 aliphatic carbocycles. The standard InChI is InChI=1S/C19H22F2N2O3S/c1-26-15-4-2-3-13(9-15)12-27(24,25)23-19-11-22-8-7-16(19)14-5-6-17(20)18(21)10-14/h2-6,9-10,16,19,22-23H,7-8,11-12H2,1H3. The molecule has 0 radical (unpaired) electrons. The van der Waals surface area contributed by atoms with Gasteiger partial charge in [0, 0.05) is 18.5 Å². The van der Waals surface area contributed by atoms with Crippen LogP contribution in [-0.4, -0.2) is 34.7 Å². The third-order valence-corrected chi connectivity index (χ3v) is 6.05. The van der Waals surface area contributed by atoms with Gasteiger partial charge in [0.1, 0.15) is 5.75 Å². The first kappa shape index (κ1) is 19.7. The molecule has 1 fully saturated rings. The molecule has 1 saturated heterocycles. The average Bonchev–Trinajstić information content (AvgIpc) is 2.64. The van der Waals surface area contributed by atoms with Crippen molar-refractivity contribution in [3.05, 3.63) is 65.2 Å². The van der Waals surface area contributed by atoms with Crippen LogP contribution < -0.4 is 14.8 Å². The van der Waals surface area contributed by atoms with Crippen LogP contribution in [0.4, 0.5) is 8.78 Å². The lowest BCUT2D eigenvalue weighted by atomic mass is 9.86. The number of hydrogen-bond acceptors (Lipinski definition) is 4. The molecule has 0 saturated carbocycles. The van der Waals surface area contributed by atoms with E-state index in [4.69, 9.17) is 4.74 Å². The molecule has 0 bridgehead atoms. The van der Waals surface area contributed by atoms with E-state index >= 15 is 0 Å². The quantitative estimate of drug-likeness (QED) is 0.788. The Kier molecular flexibility index (Phi) is 6.08. The van der Waals surface area contributed by atoms with Crippen LogP contribution in [0.25, 0.3) is 0 Å². The van der Waals surface area contributed by atoms with E-state index in [2.05, 4.69) is 10.0 Å². The molecular formula is C19H22F2N2O3S. The van der Waals surface area contributed by atoms with E-state index in [1.807, 2.05) is 0 Å². The van der Waals surface area contributed by atoms with Crippen molar-refractivity contribution in [3.63, 3.8) is 0 Å². The van der Waals surface area contributed by atoms with Crippen LogP contribution in [-0.2, 0) is 15.8 Å². The van der Waals surface area contributed by atoms with E-state index in [1.165, 1.54) is 13.2 Å². The van der Waals surface area contributed by atoms with E-state index in [1.54, 1.807) is 24.3 Å². The molecule has 1 heterocycles. The van der Waals surface area contributed by atoms with Crippen LogP contribution in [0, 0.1) is 11.6 Å². The minimum atomic E-state index is -3.63. The highest BCUT2D eigenvalue weighted by atomic mass is 32.2. The number of methoxy groups -OCH3 is 1. The Morgan fingerprint density at radius 3 is 2.74 bits per heavy atom. The van der Waals surface area contributed by atoms with Gasteiger partial charge in [-0.25, -0.2) is 21.9 Å². The maximum Gasteiger partial charge on any atom is 0.216 e. The van der Waals surface area contributed by atoms with Gasteiger partial charge in [-0.15, -0.1) is 0 Å². The first-order valence-electron chi connectivity index (χ1n) is 8.66. The second kappa shape index (κ2) is 8.33. The number of benzene rings is 2. The molecule has 2 aromatic rings. The average molecular weight is 396 g/mol. The Balaban J connectivity index is 1.77. The number of hydrogen-bond donors (Lipinski definition) is 2. The van der Waals surface area contributed by atoms with Gasteiger partial charge >= 0.3 is 0 Å². The largest absolute Gasteiger partial charge is 0.497 e. The predicted molar refractivity (Wildman–Crippen MR) is 99.1 cm³/mol. The molecule has 1 aliphatic rings. The van der Waals surface area contributed by atoms with Crippen molar-refractivity contribution < 1.29 is 21.9 Å². The zero-order chi connectivity index (χ0) is 19.4. The summed E-state index contributed by atoms with van der Waals surface area (Å²) < 4.78 is 60.0. The van der Waals surface area contributed by atoms with E-state index in [0.717, 1.165) is 12.1 Å². The van der Waals surface area contributed by atoms with Gasteiger partial charge in [-0.3, -0.25) is 0 Å². The lowest BCUT2D eigenvalue weighted by Crippen LogP contribution is -2.50. The molecule has 0 aromatic heterocycles. The van der Waals surface area contributed by atoms with E-state index < -0.39 is 27.7 Å². The van der Waals surface area contributed by atoms with Gasteiger partial charge in [0.15, 0.2) is 11.6 Å². The van der Waals surface area contributed by atoms with Gasteiger partial charge < -0.3 is 10.1 Å². The molecule has 3 rings (SSSR count). The van der Waals surface area contributed by atoms with Crippen LogP contribution in [0.1, 0.15) is 23.5 Å². The molecule has 1 aliphatic heterocycles. The van der Waals surface area contributed by atoms with Crippen molar-refractivity contribution >= 4 is 10.0 Å². The molecule has 146 valence electrons. The van der Waals surface area contributed by atoms with Crippen LogP contribution in [0.2, 0.25) is 0 Å². The third kappa shape index (κ3) is 5.03. The molecular weight excluding hydrogens is 374 g/mol. The maximum absolute atomic E-state index is 13.6. The second-order valence-electron chi connectivity index (χ2n) is 6.61. The van der Waals surface area contributed by atoms with Gasteiger partial charge in [-0.05, 0) is 48.4 Å². The fourth-order valence-corrected chi connectivity index (χ4v) is 4.79. The first-order chi connectivity index (χ1) is 12.9. The summed E-state index contributed by atoms with van der Waals surface area (Å²) in [4.78, 5) is 0. The van der Waals surface area contributed by atoms with Crippen molar-refractivity contribution in [2.45, 2.75) is 24.1 Å². The Hall–Kier alpha value is -2.03. The zero-order valence-electron chi connectivity index (χ0n) is 14.9. The summed E-state index contributed by atoms with van der Waals surface area (Å²) in [6.45, 7) is 1.10. The summed E-state index contributed by atoms with van der Waals surface area (Å²) in [5.41, 5.74) is 1.19. The highest BCUT2D eigenvalue weighted by molar-refractivity contribution is 7.88. The highest BCUT2D eigenvalue weighted by Gasteiger charge is 2.30. The van der Waals surface area contributed by atoms with Crippen molar-refractivity contribution in [3.8, 4) is 5.75 Å². The van der Waals surface area contributed by atoms with Crippen molar-refractivity contribution in [2.24, 2.45) is 0 Å². The normalized spacial score (nSPS) is 20.4. The maximum atomic E-state index is 13.6. The minimum absolute atomic E-state index is 0.189. The molecule has 0 spiro atoms. The summed E-state index contributed by atoms with van der Waals surface area (Å²) in [5, 5.41) is 3.15. The van der Waals surface area contributed by atoms with Gasteiger partial charge in [0.05, 0.1) is 12.9 Å². The predicted octanol–water partition coefficient (Wildman–Crippen LogP) is 2.54. The summed E-state index contributed by atoms with van der Waals surface area (Å²) in [6, 6.07) is 10.2. The third-order valence-electron chi connectivity index (χ3n) is 4.68. The fourth-order valence-electron chi connectivity index (χ4n) is 3.38. The number of halogens is 2. The topological polar surface area (TPSA) is 67.4 Å². The molecule has 2 atom stereocenters. The van der Waals surface area contributed by atoms with Crippen molar-refractivity contribution in [1.82, 2.24) is 10.0 Å². The number of rotatable bonds is 6. The number of nitrogens with one attached hydrogen (secondary N) is 2. The smallest absolute Gasteiger partial charge is 0.216 e. The van der Waals surface area contributed by atoms with Crippen LogP contribution >= 0.6 is 0 Å². The van der Waals surface area contributed by atoms with E-state index in [-0.39, 0.29) is 11.7 Å². The Bertz CT molecular complexity index is 906. The Morgan fingerprint density at radius 2 is 2.00 bits per heavy atom. The first-order valence-corrected chi connectivity index (χ1v) is 10.3. The van der Waals surface area contributed by atoms with E-state index in [9.17, 15) is 17.2 Å². The molecule has 2 N–H and O–H groups in total. The van der Waals surface area contributed by atoms with Gasteiger partial charge in [-0.1, -0.05) is 18.2 Å². The molecule has 0 amide bonds. The molecule has 2 aromatic carbocycles. The zero-order valence-corrected chi connectivity index (χ0v) is 15.7. The summed E-state index contributed by atoms with van der Waals surface area (Å²) in [7, 11) is -2.11. The summed E-state index contributed by atoms with van der Waals surface area (Å²) in [5.74, 6) is -1.68. The van der Waals surface area contributed by atoms with Gasteiger partial charge in [-0.2, -0.15) is 0 Å². The monoisotopic (exact) mass is 396 g/mol. The van der Waals surface area contributed by atoms with Crippen molar-refractivity contribution in [2.75, 3.05) is 20.2 Å². The SMILES string of the molecule is COc1cccc(CS(=O)(=O)NC2CNCCC2c2ccc(F)c(F)c2)c1. The van der Waals surface area contributed by atoms with Gasteiger partial charge in [0.2, 0.25) is 10.0 Å². The van der Waals surface area contributed by atoms with Crippen LogP contribution in [0.3, 0.4) is 0 Å². The van der Waals surface area contributed by atoms with E-state index in [0.29, 0.717) is 36.4 Å². The van der Waals surface area contributed by atoms with Crippen LogP contribution in [0.15, 0.2) is 42.5 Å². The molecule has 8 heteroatoms.